The van der Waals surface area contributed by atoms with E-state index in [1.54, 1.807) is 4.68 Å². The zero-order valence-corrected chi connectivity index (χ0v) is 18.2. The molecule has 1 aliphatic rings. The number of hydrogen-bond donors (Lipinski definition) is 0. The predicted molar refractivity (Wildman–Crippen MR) is 123 cm³/mol. The molecule has 8 heteroatoms. The highest BCUT2D eigenvalue weighted by molar-refractivity contribution is 5.94. The molecule has 1 saturated heterocycles. The van der Waals surface area contributed by atoms with Crippen LogP contribution in [-0.2, 0) is 7.05 Å². The van der Waals surface area contributed by atoms with Gasteiger partial charge in [0, 0.05) is 57.3 Å². The van der Waals surface area contributed by atoms with E-state index in [-0.39, 0.29) is 5.91 Å². The molecule has 0 bridgehead atoms. The smallest absolute Gasteiger partial charge is 0.272 e. The van der Waals surface area contributed by atoms with Crippen LogP contribution in [0.15, 0.2) is 67.0 Å². The van der Waals surface area contributed by atoms with Gasteiger partial charge in [0.2, 0.25) is 0 Å². The molecular weight excluding hydrogens is 402 g/mol. The monoisotopic (exact) mass is 427 g/mol. The summed E-state index contributed by atoms with van der Waals surface area (Å²) in [6.07, 6.45) is 3.94. The van der Waals surface area contributed by atoms with Crippen LogP contribution in [0.5, 0.6) is 0 Å². The van der Waals surface area contributed by atoms with Gasteiger partial charge in [0.1, 0.15) is 23.2 Å². The molecule has 5 rings (SSSR count). The van der Waals surface area contributed by atoms with Crippen molar-refractivity contribution in [2.45, 2.75) is 6.92 Å². The van der Waals surface area contributed by atoms with E-state index in [9.17, 15) is 4.79 Å². The van der Waals surface area contributed by atoms with Gasteiger partial charge < -0.3 is 14.4 Å². The third-order valence-electron chi connectivity index (χ3n) is 5.74. The van der Waals surface area contributed by atoms with Crippen LogP contribution >= 0.6 is 0 Å². The number of nitrogens with zero attached hydrogens (tertiary/aromatic N) is 7. The number of benzene rings is 1. The van der Waals surface area contributed by atoms with Crippen LogP contribution in [0.25, 0.3) is 17.1 Å². The Morgan fingerprint density at radius 2 is 1.56 bits per heavy atom. The van der Waals surface area contributed by atoms with Gasteiger partial charge in [-0.05, 0) is 25.1 Å². The van der Waals surface area contributed by atoms with Gasteiger partial charge in [0.05, 0.1) is 5.69 Å². The molecule has 4 heterocycles. The van der Waals surface area contributed by atoms with Crippen molar-refractivity contribution in [3.05, 3.63) is 78.5 Å². The van der Waals surface area contributed by atoms with E-state index in [0.717, 1.165) is 41.8 Å². The van der Waals surface area contributed by atoms with Gasteiger partial charge >= 0.3 is 0 Å². The fourth-order valence-corrected chi connectivity index (χ4v) is 4.04. The molecule has 0 spiro atoms. The largest absolute Gasteiger partial charge is 0.353 e. The Hall–Kier alpha value is -3.94. The van der Waals surface area contributed by atoms with Crippen molar-refractivity contribution in [2.75, 3.05) is 31.1 Å². The summed E-state index contributed by atoms with van der Waals surface area (Å²) in [5, 5.41) is 4.54. The van der Waals surface area contributed by atoms with Crippen molar-refractivity contribution < 1.29 is 4.79 Å². The minimum Gasteiger partial charge on any atom is -0.353 e. The minimum atomic E-state index is 0.00808. The number of aryl methyl sites for hydroxylation is 2. The van der Waals surface area contributed by atoms with Crippen LogP contribution in [0.1, 0.15) is 16.3 Å². The van der Waals surface area contributed by atoms with Crippen LogP contribution in [0.4, 0.5) is 5.82 Å². The summed E-state index contributed by atoms with van der Waals surface area (Å²) in [6.45, 7) is 4.61. The first-order valence-corrected chi connectivity index (χ1v) is 10.7. The maximum Gasteiger partial charge on any atom is 0.272 e. The molecule has 4 aromatic rings. The average Bonchev–Trinajstić information content (AvgIpc) is 3.49. The van der Waals surface area contributed by atoms with Gasteiger partial charge in [-0.2, -0.15) is 5.10 Å². The number of carbonyl (C=O) groups is 1. The van der Waals surface area contributed by atoms with E-state index in [2.05, 4.69) is 20.0 Å². The molecule has 3 aromatic heterocycles. The molecule has 0 radical (unpaired) electrons. The SMILES string of the molecule is Cc1nc(N2CCN(C(=O)c3cc(-c4ccccc4)nn3C)CC2)cc(-n2cccc2)n1. The zero-order chi connectivity index (χ0) is 22.1. The van der Waals surface area contributed by atoms with Crippen molar-refractivity contribution in [3.8, 4) is 17.1 Å². The normalized spacial score (nSPS) is 14.1. The van der Waals surface area contributed by atoms with E-state index in [1.807, 2.05) is 90.4 Å². The van der Waals surface area contributed by atoms with Gasteiger partial charge in [-0.3, -0.25) is 9.48 Å². The van der Waals surface area contributed by atoms with Crippen molar-refractivity contribution in [3.63, 3.8) is 0 Å². The molecule has 0 atom stereocenters. The van der Waals surface area contributed by atoms with Gasteiger partial charge in [-0.15, -0.1) is 0 Å². The Kier molecular flexibility index (Phi) is 5.18. The summed E-state index contributed by atoms with van der Waals surface area (Å²) in [5.74, 6) is 2.47. The number of carbonyl (C=O) groups excluding carboxylic acids is 1. The van der Waals surface area contributed by atoms with Crippen molar-refractivity contribution in [2.24, 2.45) is 7.05 Å². The summed E-state index contributed by atoms with van der Waals surface area (Å²) in [7, 11) is 1.82. The first-order chi connectivity index (χ1) is 15.6. The van der Waals surface area contributed by atoms with E-state index in [0.29, 0.717) is 18.8 Å². The van der Waals surface area contributed by atoms with Gasteiger partial charge in [0.25, 0.3) is 5.91 Å². The van der Waals surface area contributed by atoms with Crippen molar-refractivity contribution in [1.82, 2.24) is 29.2 Å². The van der Waals surface area contributed by atoms with Crippen LogP contribution in [0.2, 0.25) is 0 Å². The molecule has 0 unspecified atom stereocenters. The van der Waals surface area contributed by atoms with Crippen molar-refractivity contribution >= 4 is 11.7 Å². The molecule has 1 amide bonds. The number of aromatic nitrogens is 5. The lowest BCUT2D eigenvalue weighted by atomic mass is 10.1. The Labute approximate surface area is 186 Å². The van der Waals surface area contributed by atoms with E-state index < -0.39 is 0 Å². The Bertz CT molecular complexity index is 1220. The molecule has 32 heavy (non-hydrogen) atoms. The lowest BCUT2D eigenvalue weighted by Crippen LogP contribution is -2.49. The Morgan fingerprint density at radius 3 is 2.28 bits per heavy atom. The van der Waals surface area contributed by atoms with Crippen molar-refractivity contribution in [1.29, 1.82) is 0 Å². The molecule has 162 valence electrons. The number of amides is 1. The molecular formula is C24H25N7O. The molecule has 1 fully saturated rings. The highest BCUT2D eigenvalue weighted by Crippen LogP contribution is 2.21. The minimum absolute atomic E-state index is 0.00808. The number of anilines is 1. The number of hydrogen-bond acceptors (Lipinski definition) is 5. The summed E-state index contributed by atoms with van der Waals surface area (Å²) in [6, 6.07) is 17.7. The van der Waals surface area contributed by atoms with E-state index in [4.69, 9.17) is 0 Å². The first kappa shape index (κ1) is 20.0. The quantitative estimate of drug-likeness (QED) is 0.501. The fourth-order valence-electron chi connectivity index (χ4n) is 4.04. The Balaban J connectivity index is 1.29. The molecule has 1 aromatic carbocycles. The molecule has 0 saturated carbocycles. The molecule has 0 aliphatic carbocycles. The third kappa shape index (κ3) is 3.87. The molecule has 0 N–H and O–H groups in total. The lowest BCUT2D eigenvalue weighted by molar-refractivity contribution is 0.0735. The second-order valence-corrected chi connectivity index (χ2v) is 7.91. The molecule has 8 nitrogen and oxygen atoms in total. The van der Waals surface area contributed by atoms with Crippen LogP contribution in [0.3, 0.4) is 0 Å². The standard InChI is InChI=1S/C24H25N7O/c1-18-25-22(29-10-6-7-11-29)17-23(26-18)30-12-14-31(15-13-30)24(32)21-16-20(27-28(21)2)19-8-4-3-5-9-19/h3-11,16-17H,12-15H2,1-2H3. The highest BCUT2D eigenvalue weighted by atomic mass is 16.2. The average molecular weight is 428 g/mol. The van der Waals surface area contributed by atoms with Crippen LogP contribution in [0, 0.1) is 6.92 Å². The maximum absolute atomic E-state index is 13.2. The van der Waals surface area contributed by atoms with Gasteiger partial charge in [0.15, 0.2) is 0 Å². The second-order valence-electron chi connectivity index (χ2n) is 7.91. The zero-order valence-electron chi connectivity index (χ0n) is 18.2. The topological polar surface area (TPSA) is 72.1 Å². The highest BCUT2D eigenvalue weighted by Gasteiger charge is 2.26. The summed E-state index contributed by atoms with van der Waals surface area (Å²) >= 11 is 0. The summed E-state index contributed by atoms with van der Waals surface area (Å²) in [4.78, 5) is 26.5. The maximum atomic E-state index is 13.2. The van der Waals surface area contributed by atoms with Gasteiger partial charge in [-0.1, -0.05) is 30.3 Å². The third-order valence-corrected chi connectivity index (χ3v) is 5.74. The second kappa shape index (κ2) is 8.30. The number of piperazine rings is 1. The van der Waals surface area contributed by atoms with Gasteiger partial charge in [-0.25, -0.2) is 9.97 Å². The number of rotatable bonds is 4. The molecule has 1 aliphatic heterocycles. The Morgan fingerprint density at radius 1 is 0.875 bits per heavy atom. The lowest BCUT2D eigenvalue weighted by Gasteiger charge is -2.35. The predicted octanol–water partition coefficient (Wildman–Crippen LogP) is 2.94. The van der Waals surface area contributed by atoms with E-state index in [1.165, 1.54) is 0 Å². The van der Waals surface area contributed by atoms with Crippen LogP contribution in [-0.4, -0.2) is 61.3 Å². The summed E-state index contributed by atoms with van der Waals surface area (Å²) < 4.78 is 3.65. The first-order valence-electron chi connectivity index (χ1n) is 10.7. The fraction of sp³-hybridized carbons (Fsp3) is 0.250. The van der Waals surface area contributed by atoms with E-state index >= 15 is 0 Å². The van der Waals surface area contributed by atoms with Crippen LogP contribution < -0.4 is 4.90 Å². The summed E-state index contributed by atoms with van der Waals surface area (Å²) in [5.41, 5.74) is 2.42.